The average molecular weight is 346 g/mol. The molecule has 5 heteroatoms. The largest absolute Gasteiger partial charge is 0.396 e. The zero-order chi connectivity index (χ0) is 18.4. The molecule has 0 aromatic heterocycles. The lowest BCUT2D eigenvalue weighted by Gasteiger charge is -2.31. The number of carbonyl (C=O) groups is 2. The van der Waals surface area contributed by atoms with Gasteiger partial charge in [-0.2, -0.15) is 0 Å². The van der Waals surface area contributed by atoms with E-state index in [1.807, 2.05) is 0 Å². The summed E-state index contributed by atoms with van der Waals surface area (Å²) in [6, 6.07) is 7.04. The van der Waals surface area contributed by atoms with Gasteiger partial charge in [0.2, 0.25) is 5.91 Å². The number of nitrogens with one attached hydrogen (secondary N) is 2. The molecule has 1 aliphatic carbocycles. The van der Waals surface area contributed by atoms with Gasteiger partial charge >= 0.3 is 0 Å². The van der Waals surface area contributed by atoms with Crippen molar-refractivity contribution in [3.8, 4) is 0 Å². The summed E-state index contributed by atoms with van der Waals surface area (Å²) >= 11 is 0. The quantitative estimate of drug-likeness (QED) is 0.642. The SMILES string of the molecule is CCC(CC)(CCO)CNC(=O)c1cccc(NC(=O)C2CC2C)c1. The normalized spacial score (nSPS) is 19.4. The van der Waals surface area contributed by atoms with Crippen LogP contribution in [-0.4, -0.2) is 30.1 Å². The molecule has 3 N–H and O–H groups in total. The van der Waals surface area contributed by atoms with Gasteiger partial charge in [0.15, 0.2) is 0 Å². The zero-order valence-corrected chi connectivity index (χ0v) is 15.5. The maximum absolute atomic E-state index is 12.5. The third-order valence-electron chi connectivity index (χ3n) is 5.60. The summed E-state index contributed by atoms with van der Waals surface area (Å²) in [5.74, 6) is 0.434. The van der Waals surface area contributed by atoms with Gasteiger partial charge in [-0.25, -0.2) is 0 Å². The van der Waals surface area contributed by atoms with E-state index in [9.17, 15) is 14.7 Å². The van der Waals surface area contributed by atoms with E-state index in [0.717, 1.165) is 19.3 Å². The lowest BCUT2D eigenvalue weighted by Crippen LogP contribution is -2.37. The first kappa shape index (κ1) is 19.4. The van der Waals surface area contributed by atoms with Crippen molar-refractivity contribution in [3.05, 3.63) is 29.8 Å². The van der Waals surface area contributed by atoms with Crippen molar-refractivity contribution in [3.63, 3.8) is 0 Å². The number of carbonyl (C=O) groups excluding carboxylic acids is 2. The fourth-order valence-corrected chi connectivity index (χ4v) is 3.21. The van der Waals surface area contributed by atoms with E-state index in [-0.39, 0.29) is 29.8 Å². The van der Waals surface area contributed by atoms with E-state index >= 15 is 0 Å². The number of anilines is 1. The highest BCUT2D eigenvalue weighted by atomic mass is 16.3. The number of hydrogen-bond donors (Lipinski definition) is 3. The molecule has 2 unspecified atom stereocenters. The Balaban J connectivity index is 1.97. The summed E-state index contributed by atoms with van der Waals surface area (Å²) in [5, 5.41) is 15.2. The minimum absolute atomic E-state index is 0.0315. The van der Waals surface area contributed by atoms with E-state index in [4.69, 9.17) is 0 Å². The summed E-state index contributed by atoms with van der Waals surface area (Å²) in [6.07, 6.45) is 3.42. The molecular weight excluding hydrogens is 316 g/mol. The molecule has 2 amide bonds. The van der Waals surface area contributed by atoms with Crippen molar-refractivity contribution in [2.24, 2.45) is 17.3 Å². The molecule has 5 nitrogen and oxygen atoms in total. The van der Waals surface area contributed by atoms with Crippen LogP contribution in [0.4, 0.5) is 5.69 Å². The fourth-order valence-electron chi connectivity index (χ4n) is 3.21. The van der Waals surface area contributed by atoms with Crippen LogP contribution in [-0.2, 0) is 4.79 Å². The summed E-state index contributed by atoms with van der Waals surface area (Å²) in [6.45, 7) is 6.89. The van der Waals surface area contributed by atoms with Crippen LogP contribution in [0.3, 0.4) is 0 Å². The maximum atomic E-state index is 12.5. The van der Waals surface area contributed by atoms with E-state index in [0.29, 0.717) is 30.1 Å². The van der Waals surface area contributed by atoms with Crippen LogP contribution in [0.15, 0.2) is 24.3 Å². The number of amides is 2. The molecule has 1 saturated carbocycles. The predicted molar refractivity (Wildman–Crippen MR) is 99.4 cm³/mol. The van der Waals surface area contributed by atoms with E-state index in [1.165, 1.54) is 0 Å². The number of hydrogen-bond acceptors (Lipinski definition) is 3. The van der Waals surface area contributed by atoms with Gasteiger partial charge in [0, 0.05) is 30.3 Å². The smallest absolute Gasteiger partial charge is 0.251 e. The van der Waals surface area contributed by atoms with Crippen molar-refractivity contribution in [2.75, 3.05) is 18.5 Å². The topological polar surface area (TPSA) is 78.4 Å². The van der Waals surface area contributed by atoms with Crippen LogP contribution >= 0.6 is 0 Å². The summed E-state index contributed by atoms with van der Waals surface area (Å²) in [4.78, 5) is 24.5. The molecule has 0 bridgehead atoms. The third-order valence-corrected chi connectivity index (χ3v) is 5.60. The van der Waals surface area contributed by atoms with Gasteiger partial charge in [-0.3, -0.25) is 9.59 Å². The molecule has 2 rings (SSSR count). The molecule has 0 heterocycles. The predicted octanol–water partition coefficient (Wildman–Crippen LogP) is 3.20. The van der Waals surface area contributed by atoms with Gasteiger partial charge in [-0.05, 0) is 55.2 Å². The second-order valence-corrected chi connectivity index (χ2v) is 7.25. The molecule has 2 atom stereocenters. The molecule has 1 aromatic carbocycles. The third kappa shape index (κ3) is 5.05. The molecular formula is C20H30N2O3. The van der Waals surface area contributed by atoms with Gasteiger partial charge in [-0.1, -0.05) is 26.8 Å². The number of rotatable bonds is 9. The first-order valence-corrected chi connectivity index (χ1v) is 9.24. The minimum atomic E-state index is -0.153. The van der Waals surface area contributed by atoms with Crippen molar-refractivity contribution in [1.82, 2.24) is 5.32 Å². The Morgan fingerprint density at radius 1 is 1.28 bits per heavy atom. The molecule has 1 aliphatic rings. The minimum Gasteiger partial charge on any atom is -0.396 e. The maximum Gasteiger partial charge on any atom is 0.251 e. The number of aliphatic hydroxyl groups is 1. The van der Waals surface area contributed by atoms with Gasteiger partial charge in [-0.15, -0.1) is 0 Å². The number of benzene rings is 1. The van der Waals surface area contributed by atoms with Gasteiger partial charge in [0.25, 0.3) is 5.91 Å². The summed E-state index contributed by atoms with van der Waals surface area (Å²) < 4.78 is 0. The van der Waals surface area contributed by atoms with Crippen molar-refractivity contribution in [2.45, 2.75) is 46.5 Å². The van der Waals surface area contributed by atoms with E-state index in [2.05, 4.69) is 31.4 Å². The Morgan fingerprint density at radius 3 is 2.52 bits per heavy atom. The highest BCUT2D eigenvalue weighted by molar-refractivity contribution is 5.98. The van der Waals surface area contributed by atoms with Gasteiger partial charge in [0.05, 0.1) is 0 Å². The van der Waals surface area contributed by atoms with Crippen LogP contribution in [0.25, 0.3) is 0 Å². The highest BCUT2D eigenvalue weighted by Crippen LogP contribution is 2.38. The van der Waals surface area contributed by atoms with Crippen molar-refractivity contribution in [1.29, 1.82) is 0 Å². The lowest BCUT2D eigenvalue weighted by molar-refractivity contribution is -0.117. The molecule has 1 fully saturated rings. The molecule has 0 spiro atoms. The van der Waals surface area contributed by atoms with Crippen LogP contribution in [0.2, 0.25) is 0 Å². The Labute approximate surface area is 150 Å². The molecule has 1 aromatic rings. The highest BCUT2D eigenvalue weighted by Gasteiger charge is 2.39. The Kier molecular flexibility index (Phi) is 6.59. The van der Waals surface area contributed by atoms with Crippen LogP contribution < -0.4 is 10.6 Å². The van der Waals surface area contributed by atoms with E-state index < -0.39 is 0 Å². The standard InChI is InChI=1S/C20H30N2O3/c1-4-20(5-2,9-10-23)13-21-18(24)15-7-6-8-16(12-15)22-19(25)17-11-14(17)3/h6-8,12,14,17,23H,4-5,9-11,13H2,1-3H3,(H,21,24)(H,22,25). The van der Waals surface area contributed by atoms with Gasteiger partial charge in [0.1, 0.15) is 0 Å². The molecule has 138 valence electrons. The van der Waals surface area contributed by atoms with Crippen molar-refractivity contribution >= 4 is 17.5 Å². The second-order valence-electron chi connectivity index (χ2n) is 7.25. The lowest BCUT2D eigenvalue weighted by atomic mass is 9.79. The van der Waals surface area contributed by atoms with E-state index in [1.54, 1.807) is 24.3 Å². The molecule has 25 heavy (non-hydrogen) atoms. The molecule has 0 saturated heterocycles. The average Bonchev–Trinajstić information content (AvgIpc) is 3.35. The fraction of sp³-hybridized carbons (Fsp3) is 0.600. The first-order chi connectivity index (χ1) is 11.9. The Morgan fingerprint density at radius 2 is 1.96 bits per heavy atom. The first-order valence-electron chi connectivity index (χ1n) is 9.24. The monoisotopic (exact) mass is 346 g/mol. The molecule has 0 radical (unpaired) electrons. The van der Waals surface area contributed by atoms with Crippen LogP contribution in [0.1, 0.15) is 56.8 Å². The van der Waals surface area contributed by atoms with Gasteiger partial charge < -0.3 is 15.7 Å². The Hall–Kier alpha value is -1.88. The second kappa shape index (κ2) is 8.48. The van der Waals surface area contributed by atoms with Crippen LogP contribution in [0, 0.1) is 17.3 Å². The summed E-state index contributed by atoms with van der Waals surface area (Å²) in [7, 11) is 0. The Bertz CT molecular complexity index is 611. The van der Waals surface area contributed by atoms with Crippen LogP contribution in [0.5, 0.6) is 0 Å². The zero-order valence-electron chi connectivity index (χ0n) is 15.5. The van der Waals surface area contributed by atoms with Crippen molar-refractivity contribution < 1.29 is 14.7 Å². The molecule has 0 aliphatic heterocycles. The number of aliphatic hydroxyl groups excluding tert-OH is 1. The summed E-state index contributed by atoms with van der Waals surface area (Å²) in [5.41, 5.74) is 1.12.